The minimum Gasteiger partial charge on any atom is -0.421 e. The molecule has 31 heavy (non-hydrogen) atoms. The van der Waals surface area contributed by atoms with Gasteiger partial charge in [0.05, 0.1) is 5.56 Å². The molecular weight excluding hydrogens is 409 g/mol. The van der Waals surface area contributed by atoms with Crippen molar-refractivity contribution in [2.75, 3.05) is 7.05 Å². The molecule has 1 fully saturated rings. The van der Waals surface area contributed by atoms with Crippen LogP contribution in [0.15, 0.2) is 39.4 Å². The van der Waals surface area contributed by atoms with E-state index in [1.54, 1.807) is 13.3 Å². The number of amides is 1. The first-order valence-corrected chi connectivity index (χ1v) is 10.2. The van der Waals surface area contributed by atoms with E-state index in [-0.39, 0.29) is 17.5 Å². The summed E-state index contributed by atoms with van der Waals surface area (Å²) in [6.45, 7) is 1.90. The minimum atomic E-state index is -4.49. The summed E-state index contributed by atoms with van der Waals surface area (Å²) in [6.07, 6.45) is 1.09. The SMILES string of the molecule is CC1=C(c2nnc([C@H]3CCC[C@@H](N(C)C(=O)c4cccc(C(F)(F)F)c4)C3)o2)CC=N1. The molecule has 1 aromatic heterocycles. The van der Waals surface area contributed by atoms with Gasteiger partial charge in [-0.1, -0.05) is 12.5 Å². The normalized spacial score (nSPS) is 21.6. The van der Waals surface area contributed by atoms with Gasteiger partial charge >= 0.3 is 6.18 Å². The largest absolute Gasteiger partial charge is 0.421 e. The van der Waals surface area contributed by atoms with Gasteiger partial charge < -0.3 is 9.32 Å². The lowest BCUT2D eigenvalue weighted by Gasteiger charge is -2.34. The van der Waals surface area contributed by atoms with Crippen molar-refractivity contribution in [3.8, 4) is 0 Å². The maximum atomic E-state index is 13.0. The van der Waals surface area contributed by atoms with Crippen LogP contribution in [0.5, 0.6) is 0 Å². The van der Waals surface area contributed by atoms with Crippen molar-refractivity contribution in [1.82, 2.24) is 15.1 Å². The van der Waals surface area contributed by atoms with Gasteiger partial charge in [-0.05, 0) is 44.4 Å². The van der Waals surface area contributed by atoms with Crippen LogP contribution in [-0.2, 0) is 6.18 Å². The van der Waals surface area contributed by atoms with Crippen LogP contribution >= 0.6 is 0 Å². The molecule has 6 nitrogen and oxygen atoms in total. The molecule has 4 rings (SSSR count). The lowest BCUT2D eigenvalue weighted by molar-refractivity contribution is -0.137. The number of carbonyl (C=O) groups excluding carboxylic acids is 1. The predicted molar refractivity (Wildman–Crippen MR) is 109 cm³/mol. The molecule has 1 amide bonds. The maximum absolute atomic E-state index is 13.0. The highest BCUT2D eigenvalue weighted by atomic mass is 19.4. The Balaban J connectivity index is 1.47. The summed E-state index contributed by atoms with van der Waals surface area (Å²) in [4.78, 5) is 18.6. The Kier molecular flexibility index (Phi) is 5.68. The molecular formula is C22H23F3N4O2. The molecule has 1 aliphatic carbocycles. The van der Waals surface area contributed by atoms with Crippen molar-refractivity contribution in [2.24, 2.45) is 4.99 Å². The fourth-order valence-corrected chi connectivity index (χ4v) is 4.20. The third-order valence-electron chi connectivity index (χ3n) is 6.02. The maximum Gasteiger partial charge on any atom is 0.416 e. The van der Waals surface area contributed by atoms with Crippen LogP contribution in [0.25, 0.3) is 5.57 Å². The lowest BCUT2D eigenvalue weighted by atomic mass is 9.84. The smallest absolute Gasteiger partial charge is 0.416 e. The van der Waals surface area contributed by atoms with Crippen molar-refractivity contribution in [2.45, 2.75) is 57.2 Å². The Morgan fingerprint density at radius 1 is 1.23 bits per heavy atom. The second-order valence-electron chi connectivity index (χ2n) is 8.04. The molecule has 0 saturated heterocycles. The van der Waals surface area contributed by atoms with Gasteiger partial charge in [-0.3, -0.25) is 9.79 Å². The van der Waals surface area contributed by atoms with Gasteiger partial charge in [0.15, 0.2) is 0 Å². The molecule has 2 heterocycles. The van der Waals surface area contributed by atoms with Crippen molar-refractivity contribution < 1.29 is 22.4 Å². The first-order chi connectivity index (χ1) is 14.7. The molecule has 0 bridgehead atoms. The van der Waals surface area contributed by atoms with Crippen molar-refractivity contribution in [1.29, 1.82) is 0 Å². The number of carbonyl (C=O) groups is 1. The fourth-order valence-electron chi connectivity index (χ4n) is 4.20. The van der Waals surface area contributed by atoms with Crippen molar-refractivity contribution >= 4 is 17.7 Å². The van der Waals surface area contributed by atoms with Gasteiger partial charge in [-0.15, -0.1) is 10.2 Å². The van der Waals surface area contributed by atoms with Crippen LogP contribution < -0.4 is 0 Å². The van der Waals surface area contributed by atoms with E-state index in [4.69, 9.17) is 4.42 Å². The van der Waals surface area contributed by atoms with E-state index in [0.29, 0.717) is 24.6 Å². The van der Waals surface area contributed by atoms with Crippen LogP contribution in [0.2, 0.25) is 0 Å². The van der Waals surface area contributed by atoms with Crippen LogP contribution in [0.4, 0.5) is 13.2 Å². The van der Waals surface area contributed by atoms with Crippen molar-refractivity contribution in [3.05, 3.63) is 52.9 Å². The summed E-state index contributed by atoms with van der Waals surface area (Å²) >= 11 is 0. The zero-order chi connectivity index (χ0) is 22.2. The topological polar surface area (TPSA) is 71.6 Å². The summed E-state index contributed by atoms with van der Waals surface area (Å²) in [5, 5.41) is 8.39. The van der Waals surface area contributed by atoms with E-state index in [9.17, 15) is 18.0 Å². The second kappa shape index (κ2) is 8.28. The van der Waals surface area contributed by atoms with E-state index in [2.05, 4.69) is 15.2 Å². The molecule has 1 aromatic carbocycles. The number of aliphatic imine (C=N–C) groups is 1. The number of alkyl halides is 3. The molecule has 1 saturated carbocycles. The van der Waals surface area contributed by atoms with E-state index in [1.165, 1.54) is 17.0 Å². The molecule has 164 valence electrons. The summed E-state index contributed by atoms with van der Waals surface area (Å²) in [5.41, 5.74) is 0.987. The molecule has 2 aliphatic rings. The number of nitrogens with zero attached hydrogens (tertiary/aromatic N) is 4. The Hall–Kier alpha value is -2.97. The molecule has 0 spiro atoms. The summed E-state index contributed by atoms with van der Waals surface area (Å²) < 4.78 is 44.9. The number of benzene rings is 1. The Morgan fingerprint density at radius 2 is 2.03 bits per heavy atom. The summed E-state index contributed by atoms with van der Waals surface area (Å²) in [5.74, 6) is 0.583. The zero-order valence-corrected chi connectivity index (χ0v) is 17.3. The number of aromatic nitrogens is 2. The highest BCUT2D eigenvalue weighted by Crippen LogP contribution is 2.36. The zero-order valence-electron chi connectivity index (χ0n) is 17.3. The Morgan fingerprint density at radius 3 is 2.74 bits per heavy atom. The van der Waals surface area contributed by atoms with Gasteiger partial charge in [0.1, 0.15) is 0 Å². The van der Waals surface area contributed by atoms with Crippen molar-refractivity contribution in [3.63, 3.8) is 0 Å². The molecule has 2 atom stereocenters. The fraction of sp³-hybridized carbons (Fsp3) is 0.455. The monoisotopic (exact) mass is 432 g/mol. The summed E-state index contributed by atoms with van der Waals surface area (Å²) in [7, 11) is 1.64. The predicted octanol–water partition coefficient (Wildman–Crippen LogP) is 5.09. The first kappa shape index (κ1) is 21.3. The molecule has 0 unspecified atom stereocenters. The first-order valence-electron chi connectivity index (χ1n) is 10.2. The molecule has 0 N–H and O–H groups in total. The van der Waals surface area contributed by atoms with E-state index in [0.717, 1.165) is 42.7 Å². The van der Waals surface area contributed by atoms with E-state index in [1.807, 2.05) is 6.92 Å². The Labute approximate surface area is 177 Å². The third-order valence-corrected chi connectivity index (χ3v) is 6.02. The third kappa shape index (κ3) is 4.40. The van der Waals surface area contributed by atoms with Gasteiger partial charge in [-0.2, -0.15) is 13.2 Å². The summed E-state index contributed by atoms with van der Waals surface area (Å²) in [6, 6.07) is 4.43. The highest BCUT2D eigenvalue weighted by molar-refractivity contribution is 5.94. The number of rotatable bonds is 4. The van der Waals surface area contributed by atoms with Gasteiger partial charge in [0.25, 0.3) is 5.91 Å². The van der Waals surface area contributed by atoms with E-state index < -0.39 is 17.6 Å². The highest BCUT2D eigenvalue weighted by Gasteiger charge is 2.34. The molecule has 9 heteroatoms. The van der Waals surface area contributed by atoms with Crippen LogP contribution in [-0.4, -0.2) is 40.3 Å². The molecule has 1 aliphatic heterocycles. The molecule has 2 aromatic rings. The van der Waals surface area contributed by atoms with Crippen LogP contribution in [0.1, 0.15) is 72.6 Å². The van der Waals surface area contributed by atoms with Crippen LogP contribution in [0, 0.1) is 0 Å². The lowest BCUT2D eigenvalue weighted by Crippen LogP contribution is -2.40. The van der Waals surface area contributed by atoms with Crippen LogP contribution in [0.3, 0.4) is 0 Å². The number of halogens is 3. The average molecular weight is 432 g/mol. The number of allylic oxidation sites excluding steroid dienone is 2. The number of hydrogen-bond acceptors (Lipinski definition) is 5. The van der Waals surface area contributed by atoms with E-state index >= 15 is 0 Å². The van der Waals surface area contributed by atoms with Gasteiger partial charge in [-0.25, -0.2) is 0 Å². The quantitative estimate of drug-likeness (QED) is 0.675. The van der Waals surface area contributed by atoms with Gasteiger partial charge in [0.2, 0.25) is 11.8 Å². The second-order valence-corrected chi connectivity index (χ2v) is 8.04. The van der Waals surface area contributed by atoms with Gasteiger partial charge in [0, 0.05) is 48.5 Å². The average Bonchev–Trinajstić information content (AvgIpc) is 3.41. The minimum absolute atomic E-state index is 0.0000120. The number of hydrogen-bond donors (Lipinski definition) is 0. The Bertz CT molecular complexity index is 1040. The standard InChI is InChI=1S/C22H23F3N4O2/c1-13-18(9-10-26-13)20-28-27-19(31-20)14-5-4-8-17(12-14)29(2)21(30)15-6-3-7-16(11-15)22(23,24)25/h3,6-7,10-11,14,17H,4-5,8-9,12H2,1-2H3/t14-,17+/m0/s1. The molecule has 0 radical (unpaired) electrons.